The van der Waals surface area contributed by atoms with Gasteiger partial charge in [0.1, 0.15) is 0 Å². The van der Waals surface area contributed by atoms with Gasteiger partial charge in [0.2, 0.25) is 5.91 Å². The molecule has 1 aliphatic carbocycles. The second-order valence-electron chi connectivity index (χ2n) is 8.19. The number of piperazine rings is 1. The predicted octanol–water partition coefficient (Wildman–Crippen LogP) is 3.23. The Balaban J connectivity index is 1.38. The Morgan fingerprint density at radius 1 is 1.07 bits per heavy atom. The monoisotopic (exact) mass is 387 g/mol. The Labute approximate surface area is 170 Å². The fourth-order valence-corrected chi connectivity index (χ4v) is 4.71. The van der Waals surface area contributed by atoms with E-state index >= 15 is 0 Å². The fourth-order valence-electron chi connectivity index (χ4n) is 4.71. The Bertz CT molecular complexity index is 1070. The molecule has 0 radical (unpaired) electrons. The normalized spacial score (nSPS) is 19.1. The summed E-state index contributed by atoms with van der Waals surface area (Å²) in [7, 11) is 0. The molecule has 2 N–H and O–H groups in total. The van der Waals surface area contributed by atoms with Gasteiger partial charge in [-0.1, -0.05) is 30.3 Å². The van der Waals surface area contributed by atoms with Crippen LogP contribution in [0.15, 0.2) is 48.5 Å². The summed E-state index contributed by atoms with van der Waals surface area (Å²) in [6, 6.07) is 15.9. The highest BCUT2D eigenvalue weighted by atomic mass is 16.2. The van der Waals surface area contributed by atoms with Gasteiger partial charge in [0, 0.05) is 28.7 Å². The van der Waals surface area contributed by atoms with Gasteiger partial charge in [-0.2, -0.15) is 0 Å². The number of aromatic nitrogens is 1. The van der Waals surface area contributed by atoms with E-state index in [9.17, 15) is 9.59 Å². The van der Waals surface area contributed by atoms with Crippen LogP contribution in [0.4, 0.5) is 0 Å². The van der Waals surface area contributed by atoms with Crippen LogP contribution in [0, 0.1) is 0 Å². The molecule has 0 bridgehead atoms. The second-order valence-corrected chi connectivity index (χ2v) is 8.19. The number of nitrogens with one attached hydrogen (secondary N) is 2. The lowest BCUT2D eigenvalue weighted by molar-refractivity contribution is -0.124. The van der Waals surface area contributed by atoms with Gasteiger partial charge >= 0.3 is 0 Å². The first-order chi connectivity index (χ1) is 14.2. The Hall–Kier alpha value is -3.08. The van der Waals surface area contributed by atoms with E-state index in [-0.39, 0.29) is 24.4 Å². The molecule has 29 heavy (non-hydrogen) atoms. The summed E-state index contributed by atoms with van der Waals surface area (Å²) < 4.78 is 0. The number of benzene rings is 2. The van der Waals surface area contributed by atoms with Crippen molar-refractivity contribution in [3.8, 4) is 0 Å². The minimum Gasteiger partial charge on any atom is -0.358 e. The van der Waals surface area contributed by atoms with Crippen molar-refractivity contribution in [2.75, 3.05) is 13.1 Å². The first-order valence-corrected chi connectivity index (χ1v) is 10.4. The molecule has 1 saturated heterocycles. The molecule has 2 amide bonds. The van der Waals surface area contributed by atoms with E-state index in [1.165, 1.54) is 24.1 Å². The summed E-state index contributed by atoms with van der Waals surface area (Å²) in [5.41, 5.74) is 5.60. The third-order valence-corrected chi connectivity index (χ3v) is 6.10. The summed E-state index contributed by atoms with van der Waals surface area (Å²) in [6.45, 7) is 0.649. The van der Waals surface area contributed by atoms with Crippen LogP contribution in [-0.4, -0.2) is 40.8 Å². The lowest BCUT2D eigenvalue weighted by atomic mass is 9.95. The van der Waals surface area contributed by atoms with E-state index < -0.39 is 0 Å². The first kappa shape index (κ1) is 18.0. The van der Waals surface area contributed by atoms with E-state index in [0.717, 1.165) is 35.7 Å². The van der Waals surface area contributed by atoms with Crippen molar-refractivity contribution in [1.29, 1.82) is 0 Å². The van der Waals surface area contributed by atoms with E-state index in [1.54, 1.807) is 4.90 Å². The van der Waals surface area contributed by atoms with Crippen LogP contribution in [0.3, 0.4) is 0 Å². The van der Waals surface area contributed by atoms with Gasteiger partial charge < -0.3 is 15.2 Å². The number of aromatic amines is 1. The van der Waals surface area contributed by atoms with Crippen LogP contribution in [0.25, 0.3) is 10.9 Å². The van der Waals surface area contributed by atoms with E-state index in [1.807, 2.05) is 36.4 Å². The number of hydrogen-bond donors (Lipinski definition) is 2. The Morgan fingerprint density at radius 2 is 1.90 bits per heavy atom. The highest BCUT2D eigenvalue weighted by Crippen LogP contribution is 2.30. The zero-order valence-electron chi connectivity index (χ0n) is 16.4. The van der Waals surface area contributed by atoms with E-state index in [4.69, 9.17) is 0 Å². The highest BCUT2D eigenvalue weighted by Gasteiger charge is 2.29. The summed E-state index contributed by atoms with van der Waals surface area (Å²) in [5, 5.41) is 4.19. The molecule has 5 rings (SSSR count). The van der Waals surface area contributed by atoms with Gasteiger partial charge in [-0.05, 0) is 61.4 Å². The molecule has 0 spiro atoms. The molecule has 2 aliphatic rings. The van der Waals surface area contributed by atoms with Crippen LogP contribution < -0.4 is 5.32 Å². The largest absolute Gasteiger partial charge is 0.358 e. The molecule has 1 aromatic heterocycles. The summed E-state index contributed by atoms with van der Waals surface area (Å²) >= 11 is 0. The average molecular weight is 387 g/mol. The van der Waals surface area contributed by atoms with Crippen molar-refractivity contribution in [3.05, 3.63) is 70.9 Å². The number of H-pyrrole nitrogens is 1. The fraction of sp³-hybridized carbons (Fsp3) is 0.333. The minimum absolute atomic E-state index is 0.0636. The highest BCUT2D eigenvalue weighted by molar-refractivity contribution is 6.01. The lowest BCUT2D eigenvalue weighted by Crippen LogP contribution is -2.56. The summed E-state index contributed by atoms with van der Waals surface area (Å²) in [4.78, 5) is 30.7. The van der Waals surface area contributed by atoms with Crippen molar-refractivity contribution in [2.24, 2.45) is 0 Å². The molecule has 148 valence electrons. The van der Waals surface area contributed by atoms with Gasteiger partial charge in [-0.25, -0.2) is 0 Å². The molecular formula is C24H25N3O2. The SMILES string of the molecule is O=C1CN(C(=O)c2ccc3[nH]c4c(c3c2)CCCC4)C[C@H](Cc2ccccc2)N1. The van der Waals surface area contributed by atoms with Crippen molar-refractivity contribution in [1.82, 2.24) is 15.2 Å². The van der Waals surface area contributed by atoms with Gasteiger partial charge in [0.05, 0.1) is 12.6 Å². The second kappa shape index (κ2) is 7.39. The van der Waals surface area contributed by atoms with Crippen LogP contribution in [0.5, 0.6) is 0 Å². The summed E-state index contributed by atoms with van der Waals surface area (Å²) in [5.74, 6) is -0.156. The molecule has 1 fully saturated rings. The maximum Gasteiger partial charge on any atom is 0.254 e. The van der Waals surface area contributed by atoms with Crippen molar-refractivity contribution < 1.29 is 9.59 Å². The molecule has 0 saturated carbocycles. The molecule has 5 nitrogen and oxygen atoms in total. The molecule has 2 heterocycles. The third kappa shape index (κ3) is 3.53. The van der Waals surface area contributed by atoms with Crippen molar-refractivity contribution in [2.45, 2.75) is 38.1 Å². The molecule has 1 atom stereocenters. The molecule has 1 aliphatic heterocycles. The number of carbonyl (C=O) groups excluding carboxylic acids is 2. The smallest absolute Gasteiger partial charge is 0.254 e. The van der Waals surface area contributed by atoms with Crippen LogP contribution >= 0.6 is 0 Å². The number of aryl methyl sites for hydroxylation is 2. The Kier molecular flexibility index (Phi) is 4.58. The third-order valence-electron chi connectivity index (χ3n) is 6.10. The number of rotatable bonds is 3. The number of nitrogens with zero attached hydrogens (tertiary/aromatic N) is 1. The maximum atomic E-state index is 13.2. The van der Waals surface area contributed by atoms with Crippen LogP contribution in [-0.2, 0) is 24.1 Å². The number of fused-ring (bicyclic) bond motifs is 3. The van der Waals surface area contributed by atoms with E-state index in [0.29, 0.717) is 12.1 Å². The summed E-state index contributed by atoms with van der Waals surface area (Å²) in [6.07, 6.45) is 5.29. The average Bonchev–Trinajstić information content (AvgIpc) is 3.11. The van der Waals surface area contributed by atoms with Crippen LogP contribution in [0.1, 0.15) is 40.0 Å². The first-order valence-electron chi connectivity index (χ1n) is 10.4. The standard InChI is InChI=1S/C24H25N3O2/c28-23-15-27(14-18(25-23)12-16-6-2-1-3-7-16)24(29)17-10-11-22-20(13-17)19-8-4-5-9-21(19)26-22/h1-3,6-7,10-11,13,18,26H,4-5,8-9,12,14-15H2,(H,25,28)/t18-/m0/s1. The minimum atomic E-state index is -0.0920. The maximum absolute atomic E-state index is 13.2. The predicted molar refractivity (Wildman–Crippen MR) is 113 cm³/mol. The Morgan fingerprint density at radius 3 is 2.76 bits per heavy atom. The van der Waals surface area contributed by atoms with E-state index in [2.05, 4.69) is 22.4 Å². The molecule has 2 aromatic carbocycles. The molecular weight excluding hydrogens is 362 g/mol. The quantitative estimate of drug-likeness (QED) is 0.725. The molecule has 5 heteroatoms. The van der Waals surface area contributed by atoms with Gasteiger partial charge in [-0.15, -0.1) is 0 Å². The number of hydrogen-bond acceptors (Lipinski definition) is 2. The van der Waals surface area contributed by atoms with Gasteiger partial charge in [0.25, 0.3) is 5.91 Å². The van der Waals surface area contributed by atoms with Crippen LogP contribution in [0.2, 0.25) is 0 Å². The van der Waals surface area contributed by atoms with Crippen molar-refractivity contribution in [3.63, 3.8) is 0 Å². The topological polar surface area (TPSA) is 65.2 Å². The zero-order valence-corrected chi connectivity index (χ0v) is 16.4. The van der Waals surface area contributed by atoms with Gasteiger partial charge in [0.15, 0.2) is 0 Å². The van der Waals surface area contributed by atoms with Crippen molar-refractivity contribution >= 4 is 22.7 Å². The zero-order chi connectivity index (χ0) is 19.8. The lowest BCUT2D eigenvalue weighted by Gasteiger charge is -2.33. The number of amides is 2. The molecule has 3 aromatic rings. The number of carbonyl (C=O) groups is 2. The molecule has 0 unspecified atom stereocenters. The van der Waals surface area contributed by atoms with Gasteiger partial charge in [-0.3, -0.25) is 9.59 Å².